The lowest BCUT2D eigenvalue weighted by Gasteiger charge is -2.27. The number of aromatic amines is 1. The summed E-state index contributed by atoms with van der Waals surface area (Å²) in [7, 11) is 0. The van der Waals surface area contributed by atoms with Gasteiger partial charge in [0.25, 0.3) is 0 Å². The van der Waals surface area contributed by atoms with Crippen molar-refractivity contribution in [3.05, 3.63) is 71.6 Å². The Labute approximate surface area is 197 Å². The number of nitrogens with zero attached hydrogens (tertiary/aromatic N) is 5. The van der Waals surface area contributed by atoms with E-state index in [9.17, 15) is 4.39 Å². The van der Waals surface area contributed by atoms with Crippen LogP contribution in [0, 0.1) is 12.7 Å². The third-order valence-corrected chi connectivity index (χ3v) is 5.88. The van der Waals surface area contributed by atoms with Gasteiger partial charge in [0.05, 0.1) is 0 Å². The molecule has 3 aromatic heterocycles. The largest absolute Gasteiger partial charge is 0.365 e. The van der Waals surface area contributed by atoms with Crippen LogP contribution in [-0.2, 0) is 4.74 Å². The summed E-state index contributed by atoms with van der Waals surface area (Å²) >= 11 is 0. The van der Waals surface area contributed by atoms with E-state index in [1.165, 1.54) is 12.1 Å². The highest BCUT2D eigenvalue weighted by molar-refractivity contribution is 5.72. The first-order valence-corrected chi connectivity index (χ1v) is 11.6. The fourth-order valence-corrected chi connectivity index (χ4v) is 4.14. The van der Waals surface area contributed by atoms with Crippen LogP contribution in [0.15, 0.2) is 48.7 Å². The minimum atomic E-state index is -0.531. The van der Waals surface area contributed by atoms with Gasteiger partial charge >= 0.3 is 0 Å². The third-order valence-electron chi connectivity index (χ3n) is 5.88. The van der Waals surface area contributed by atoms with Gasteiger partial charge in [0.1, 0.15) is 17.4 Å². The van der Waals surface area contributed by atoms with E-state index in [0.29, 0.717) is 24.1 Å². The van der Waals surface area contributed by atoms with E-state index in [4.69, 9.17) is 14.8 Å². The van der Waals surface area contributed by atoms with Crippen LogP contribution in [-0.4, -0.2) is 69.0 Å². The van der Waals surface area contributed by atoms with Crippen LogP contribution >= 0.6 is 0 Å². The number of H-pyrrole nitrogens is 1. The Balaban J connectivity index is 1.40. The smallest absolute Gasteiger partial charge is 0.184 e. The van der Waals surface area contributed by atoms with Crippen molar-refractivity contribution in [2.24, 2.45) is 0 Å². The molecule has 3 N–H and O–H groups in total. The Kier molecular flexibility index (Phi) is 6.79. The molecule has 0 aliphatic carbocycles. The SMILES string of the molecule is Cc1cc(Nc2nc(C(OCCCN3CCNCC3)c3ccc(F)cc3)nn3cccc23)n[nH]1. The molecule has 1 aliphatic rings. The Bertz CT molecular complexity index is 1220. The van der Waals surface area contributed by atoms with Crippen molar-refractivity contribution >= 4 is 17.2 Å². The summed E-state index contributed by atoms with van der Waals surface area (Å²) in [5, 5.41) is 18.6. The fourth-order valence-electron chi connectivity index (χ4n) is 4.14. The average Bonchev–Trinajstić information content (AvgIpc) is 3.49. The maximum Gasteiger partial charge on any atom is 0.184 e. The highest BCUT2D eigenvalue weighted by atomic mass is 19.1. The molecule has 4 aromatic rings. The Morgan fingerprint density at radius 2 is 2.00 bits per heavy atom. The molecule has 1 unspecified atom stereocenters. The van der Waals surface area contributed by atoms with Crippen molar-refractivity contribution in [1.29, 1.82) is 0 Å². The minimum Gasteiger partial charge on any atom is -0.365 e. The molecule has 1 aliphatic heterocycles. The number of halogens is 1. The molecule has 0 spiro atoms. The number of anilines is 2. The molecule has 1 fully saturated rings. The van der Waals surface area contributed by atoms with Gasteiger partial charge in [0, 0.05) is 57.3 Å². The predicted molar refractivity (Wildman–Crippen MR) is 128 cm³/mol. The first-order chi connectivity index (χ1) is 16.7. The van der Waals surface area contributed by atoms with Crippen molar-refractivity contribution in [2.75, 3.05) is 44.6 Å². The lowest BCUT2D eigenvalue weighted by Crippen LogP contribution is -2.43. The number of rotatable bonds is 9. The average molecular weight is 465 g/mol. The molecule has 1 aromatic carbocycles. The standard InChI is InChI=1S/C24H29FN8O/c1-17-16-21(30-29-17)27-23-20-4-2-12-33(20)31-24(28-23)22(18-5-7-19(25)8-6-18)34-15-3-11-32-13-9-26-10-14-32/h2,4-8,12,16,22,26H,3,9-11,13-15H2,1H3,(H2,27,28,29,30,31). The minimum absolute atomic E-state index is 0.292. The number of aromatic nitrogens is 5. The first-order valence-electron chi connectivity index (χ1n) is 11.6. The monoisotopic (exact) mass is 464 g/mol. The van der Waals surface area contributed by atoms with E-state index in [2.05, 4.69) is 25.7 Å². The maximum absolute atomic E-state index is 13.6. The summed E-state index contributed by atoms with van der Waals surface area (Å²) in [4.78, 5) is 7.24. The van der Waals surface area contributed by atoms with Gasteiger partial charge in [0.2, 0.25) is 0 Å². The molecule has 10 heteroatoms. The summed E-state index contributed by atoms with van der Waals surface area (Å²) in [6.45, 7) is 7.60. The zero-order chi connectivity index (χ0) is 23.3. The van der Waals surface area contributed by atoms with Crippen LogP contribution in [0.4, 0.5) is 16.0 Å². The summed E-state index contributed by atoms with van der Waals surface area (Å²) in [6, 6.07) is 12.1. The molecular weight excluding hydrogens is 435 g/mol. The van der Waals surface area contributed by atoms with Gasteiger partial charge in [-0.3, -0.25) is 5.10 Å². The summed E-state index contributed by atoms with van der Waals surface area (Å²) in [5.41, 5.74) is 2.57. The van der Waals surface area contributed by atoms with Gasteiger partial charge in [0.15, 0.2) is 17.5 Å². The number of fused-ring (bicyclic) bond motifs is 1. The molecule has 9 nitrogen and oxygen atoms in total. The molecule has 5 rings (SSSR count). The third kappa shape index (κ3) is 5.24. The number of nitrogens with one attached hydrogen (secondary N) is 3. The summed E-state index contributed by atoms with van der Waals surface area (Å²) in [6.07, 6.45) is 2.23. The summed E-state index contributed by atoms with van der Waals surface area (Å²) < 4.78 is 21.7. The first kappa shape index (κ1) is 22.5. The highest BCUT2D eigenvalue weighted by Crippen LogP contribution is 2.27. The van der Waals surface area contributed by atoms with Crippen molar-refractivity contribution in [3.8, 4) is 0 Å². The topological polar surface area (TPSA) is 95.4 Å². The van der Waals surface area contributed by atoms with Gasteiger partial charge in [-0.15, -0.1) is 5.10 Å². The van der Waals surface area contributed by atoms with Gasteiger partial charge < -0.3 is 20.3 Å². The van der Waals surface area contributed by atoms with E-state index >= 15 is 0 Å². The lowest BCUT2D eigenvalue weighted by atomic mass is 10.1. The van der Waals surface area contributed by atoms with E-state index in [0.717, 1.165) is 55.9 Å². The van der Waals surface area contributed by atoms with Crippen LogP contribution < -0.4 is 10.6 Å². The van der Waals surface area contributed by atoms with Crippen LogP contribution in [0.3, 0.4) is 0 Å². The van der Waals surface area contributed by atoms with Gasteiger partial charge in [-0.2, -0.15) is 5.10 Å². The zero-order valence-electron chi connectivity index (χ0n) is 19.2. The lowest BCUT2D eigenvalue weighted by molar-refractivity contribution is 0.0645. The normalized spacial score (nSPS) is 15.6. The van der Waals surface area contributed by atoms with Crippen LogP contribution in [0.1, 0.15) is 29.6 Å². The number of ether oxygens (including phenoxy) is 1. The second-order valence-corrected chi connectivity index (χ2v) is 8.47. The predicted octanol–water partition coefficient (Wildman–Crippen LogP) is 3.04. The van der Waals surface area contributed by atoms with Crippen molar-refractivity contribution in [2.45, 2.75) is 19.4 Å². The number of hydrogen-bond acceptors (Lipinski definition) is 7. The molecular formula is C24H29FN8O. The Hall–Kier alpha value is -3.34. The molecule has 0 bridgehead atoms. The van der Waals surface area contributed by atoms with E-state index in [1.807, 2.05) is 31.3 Å². The van der Waals surface area contributed by atoms with Gasteiger partial charge in [-0.1, -0.05) is 12.1 Å². The number of hydrogen-bond donors (Lipinski definition) is 3. The number of aryl methyl sites for hydroxylation is 1. The van der Waals surface area contributed by atoms with Crippen molar-refractivity contribution < 1.29 is 9.13 Å². The summed E-state index contributed by atoms with van der Waals surface area (Å²) in [5.74, 6) is 1.49. The quantitative estimate of drug-likeness (QED) is 0.328. The van der Waals surface area contributed by atoms with E-state index in [-0.39, 0.29) is 5.82 Å². The molecule has 0 saturated carbocycles. The van der Waals surface area contributed by atoms with Crippen LogP contribution in [0.5, 0.6) is 0 Å². The van der Waals surface area contributed by atoms with Crippen molar-refractivity contribution in [3.63, 3.8) is 0 Å². The molecule has 4 heterocycles. The highest BCUT2D eigenvalue weighted by Gasteiger charge is 2.22. The van der Waals surface area contributed by atoms with E-state index < -0.39 is 6.10 Å². The second-order valence-electron chi connectivity index (χ2n) is 8.47. The molecule has 34 heavy (non-hydrogen) atoms. The zero-order valence-corrected chi connectivity index (χ0v) is 19.2. The molecule has 0 amide bonds. The van der Waals surface area contributed by atoms with Gasteiger partial charge in [-0.25, -0.2) is 13.9 Å². The van der Waals surface area contributed by atoms with Crippen LogP contribution in [0.25, 0.3) is 5.52 Å². The van der Waals surface area contributed by atoms with Gasteiger partial charge in [-0.05, 0) is 43.2 Å². The van der Waals surface area contributed by atoms with Crippen molar-refractivity contribution in [1.82, 2.24) is 35.0 Å². The molecule has 178 valence electrons. The van der Waals surface area contributed by atoms with Crippen LogP contribution in [0.2, 0.25) is 0 Å². The maximum atomic E-state index is 13.6. The van der Waals surface area contributed by atoms with E-state index in [1.54, 1.807) is 16.6 Å². The molecule has 1 atom stereocenters. The Morgan fingerprint density at radius 3 is 2.76 bits per heavy atom. The molecule has 1 saturated heterocycles. The number of benzene rings is 1. The number of piperazine rings is 1. The Morgan fingerprint density at radius 1 is 1.18 bits per heavy atom. The second kappa shape index (κ2) is 10.3. The fraction of sp³-hybridized carbons (Fsp3) is 0.375. The molecule has 0 radical (unpaired) electrons.